The Labute approximate surface area is 232 Å². The monoisotopic (exact) mass is 543 g/mol. The summed E-state index contributed by atoms with van der Waals surface area (Å²) in [6.07, 6.45) is 2.66. The van der Waals surface area contributed by atoms with Gasteiger partial charge in [-0.25, -0.2) is 19.4 Å². The highest BCUT2D eigenvalue weighted by molar-refractivity contribution is 6.06. The van der Waals surface area contributed by atoms with Crippen LogP contribution < -0.4 is 15.8 Å². The molecule has 11 heteroatoms. The number of carbonyl (C=O) groups is 2. The number of hydrogen-bond donors (Lipinski definition) is 2. The van der Waals surface area contributed by atoms with Gasteiger partial charge in [-0.3, -0.25) is 4.79 Å². The van der Waals surface area contributed by atoms with Gasteiger partial charge in [0.05, 0.1) is 18.5 Å². The van der Waals surface area contributed by atoms with Gasteiger partial charge in [0.15, 0.2) is 5.65 Å². The minimum atomic E-state index is -0.582. The lowest BCUT2D eigenvalue weighted by molar-refractivity contribution is 0.0169. The van der Waals surface area contributed by atoms with E-state index in [0.717, 1.165) is 12.8 Å². The number of ether oxygens (including phenoxy) is 2. The number of fused-ring (bicyclic) bond motifs is 1. The highest BCUT2D eigenvalue weighted by Crippen LogP contribution is 2.34. The number of nitrogens with one attached hydrogen (secondary N) is 1. The predicted octanol–water partition coefficient (Wildman–Crippen LogP) is 4.91. The Bertz CT molecular complexity index is 1560. The molecule has 2 amide bonds. The Morgan fingerprint density at radius 3 is 2.67 bits per heavy atom. The lowest BCUT2D eigenvalue weighted by Gasteiger charge is -2.34. The molecular formula is C29H33N7O4. The summed E-state index contributed by atoms with van der Waals surface area (Å²) in [6.45, 7) is 6.59. The Kier molecular flexibility index (Phi) is 7.29. The van der Waals surface area contributed by atoms with E-state index in [1.54, 1.807) is 42.3 Å². The van der Waals surface area contributed by atoms with Gasteiger partial charge in [-0.15, -0.1) is 0 Å². The van der Waals surface area contributed by atoms with Crippen molar-refractivity contribution in [2.75, 3.05) is 31.2 Å². The lowest BCUT2D eigenvalue weighted by atomic mass is 10.1. The van der Waals surface area contributed by atoms with Gasteiger partial charge < -0.3 is 25.4 Å². The van der Waals surface area contributed by atoms with Crippen molar-refractivity contribution in [2.24, 2.45) is 0 Å². The zero-order valence-corrected chi connectivity index (χ0v) is 23.0. The molecule has 2 aromatic heterocycles. The van der Waals surface area contributed by atoms with Crippen molar-refractivity contribution in [1.29, 1.82) is 0 Å². The molecule has 3 N–H and O–H groups in total. The van der Waals surface area contributed by atoms with Crippen molar-refractivity contribution in [1.82, 2.24) is 24.6 Å². The summed E-state index contributed by atoms with van der Waals surface area (Å²) >= 11 is 0. The predicted molar refractivity (Wildman–Crippen MR) is 152 cm³/mol. The van der Waals surface area contributed by atoms with E-state index >= 15 is 0 Å². The molecule has 1 saturated heterocycles. The summed E-state index contributed by atoms with van der Waals surface area (Å²) < 4.78 is 12.7. The standard InChI is InChI=1S/C29H33N7O4/c1-29(2,3)40-28(38)35-13-7-11-21(16-35)36-26-23(25(30)31-17-32-26)24(34-36)18-8-5-9-19(14-18)27(37)33-20-10-6-12-22(15-20)39-4/h5-6,8-10,12,14-15,17,21H,7,11,13,16H2,1-4H3,(H,33,37)(H2,30,31,32)/t21-/m1/s1. The molecule has 1 atom stereocenters. The number of amides is 2. The van der Waals surface area contributed by atoms with E-state index in [-0.39, 0.29) is 23.9 Å². The number of nitrogen functional groups attached to an aromatic ring is 1. The molecule has 0 unspecified atom stereocenters. The molecular weight excluding hydrogens is 510 g/mol. The van der Waals surface area contributed by atoms with Crippen LogP contribution in [-0.4, -0.2) is 62.4 Å². The molecule has 40 heavy (non-hydrogen) atoms. The van der Waals surface area contributed by atoms with Gasteiger partial charge in [0, 0.05) is 36.0 Å². The molecule has 0 saturated carbocycles. The molecule has 1 aliphatic rings. The number of rotatable bonds is 5. The van der Waals surface area contributed by atoms with Gasteiger partial charge in [0.1, 0.15) is 29.2 Å². The van der Waals surface area contributed by atoms with Crippen LogP contribution in [0.2, 0.25) is 0 Å². The van der Waals surface area contributed by atoms with Crippen LogP contribution in [0.15, 0.2) is 54.9 Å². The van der Waals surface area contributed by atoms with Gasteiger partial charge in [-0.2, -0.15) is 5.10 Å². The third-order valence-electron chi connectivity index (χ3n) is 6.64. The quantitative estimate of drug-likeness (QED) is 0.362. The highest BCUT2D eigenvalue weighted by atomic mass is 16.6. The zero-order valence-electron chi connectivity index (χ0n) is 23.0. The number of aromatic nitrogens is 4. The fourth-order valence-electron chi connectivity index (χ4n) is 4.81. The molecule has 0 aliphatic carbocycles. The van der Waals surface area contributed by atoms with Crippen molar-refractivity contribution in [3.8, 4) is 17.0 Å². The number of nitrogens with zero attached hydrogens (tertiary/aromatic N) is 5. The van der Waals surface area contributed by atoms with E-state index in [4.69, 9.17) is 20.3 Å². The number of anilines is 2. The zero-order chi connectivity index (χ0) is 28.4. The normalized spacial score (nSPS) is 15.6. The number of methoxy groups -OCH3 is 1. The number of piperidine rings is 1. The molecule has 5 rings (SSSR count). The molecule has 1 aliphatic heterocycles. The first-order chi connectivity index (χ1) is 19.1. The molecule has 0 bridgehead atoms. The largest absolute Gasteiger partial charge is 0.497 e. The van der Waals surface area contributed by atoms with Gasteiger partial charge in [0.25, 0.3) is 5.91 Å². The van der Waals surface area contributed by atoms with Crippen LogP contribution >= 0.6 is 0 Å². The number of likely N-dealkylation sites (tertiary alicyclic amines) is 1. The minimum absolute atomic E-state index is 0.133. The van der Waals surface area contributed by atoms with Crippen molar-refractivity contribution in [3.63, 3.8) is 0 Å². The van der Waals surface area contributed by atoms with Crippen LogP contribution in [0.4, 0.5) is 16.3 Å². The molecule has 1 fully saturated rings. The van der Waals surface area contributed by atoms with Gasteiger partial charge in [-0.1, -0.05) is 18.2 Å². The van der Waals surface area contributed by atoms with E-state index in [2.05, 4.69) is 15.3 Å². The van der Waals surface area contributed by atoms with Crippen LogP contribution in [0, 0.1) is 0 Å². The Morgan fingerprint density at radius 1 is 1.10 bits per heavy atom. The summed E-state index contributed by atoms with van der Waals surface area (Å²) in [6, 6.07) is 14.2. The third kappa shape index (κ3) is 5.68. The SMILES string of the molecule is COc1cccc(NC(=O)c2cccc(-c3nn([C@@H]4CCCN(C(=O)OC(C)(C)C)C4)c4ncnc(N)c34)c2)c1. The topological polar surface area (TPSA) is 137 Å². The van der Waals surface area contributed by atoms with E-state index in [0.29, 0.717) is 52.4 Å². The van der Waals surface area contributed by atoms with E-state index < -0.39 is 5.60 Å². The first-order valence-electron chi connectivity index (χ1n) is 13.2. The number of benzene rings is 2. The summed E-state index contributed by atoms with van der Waals surface area (Å²) in [5.41, 5.74) is 8.66. The molecule has 0 radical (unpaired) electrons. The summed E-state index contributed by atoms with van der Waals surface area (Å²) in [5, 5.41) is 8.43. The van der Waals surface area contributed by atoms with Gasteiger partial charge >= 0.3 is 6.09 Å². The second kappa shape index (κ2) is 10.8. The van der Waals surface area contributed by atoms with E-state index in [1.807, 2.05) is 43.7 Å². The van der Waals surface area contributed by atoms with E-state index in [1.165, 1.54) is 6.33 Å². The lowest BCUT2D eigenvalue weighted by Crippen LogP contribution is -2.43. The average Bonchev–Trinajstić information content (AvgIpc) is 3.33. The smallest absolute Gasteiger partial charge is 0.410 e. The fraction of sp³-hybridized carbons (Fsp3) is 0.345. The first-order valence-corrected chi connectivity index (χ1v) is 13.2. The maximum atomic E-state index is 13.1. The Hall–Kier alpha value is -4.67. The van der Waals surface area contributed by atoms with Crippen LogP contribution in [-0.2, 0) is 4.74 Å². The number of hydrogen-bond acceptors (Lipinski definition) is 8. The molecule has 11 nitrogen and oxygen atoms in total. The van der Waals surface area contributed by atoms with E-state index in [9.17, 15) is 9.59 Å². The first kappa shape index (κ1) is 26.9. The van der Waals surface area contributed by atoms with Crippen molar-refractivity contribution < 1.29 is 19.1 Å². The minimum Gasteiger partial charge on any atom is -0.497 e. The molecule has 4 aromatic rings. The summed E-state index contributed by atoms with van der Waals surface area (Å²) in [4.78, 5) is 36.3. The molecule has 208 valence electrons. The summed E-state index contributed by atoms with van der Waals surface area (Å²) in [7, 11) is 1.58. The number of carbonyl (C=O) groups excluding carboxylic acids is 2. The average molecular weight is 544 g/mol. The maximum absolute atomic E-state index is 13.1. The fourth-order valence-corrected chi connectivity index (χ4v) is 4.81. The van der Waals surface area contributed by atoms with Crippen molar-refractivity contribution in [2.45, 2.75) is 45.3 Å². The number of nitrogens with two attached hydrogens (primary N) is 1. The van der Waals surface area contributed by atoms with Gasteiger partial charge in [0.2, 0.25) is 0 Å². The molecule has 3 heterocycles. The summed E-state index contributed by atoms with van der Waals surface area (Å²) in [5.74, 6) is 0.660. The highest BCUT2D eigenvalue weighted by Gasteiger charge is 2.31. The Morgan fingerprint density at radius 2 is 1.90 bits per heavy atom. The second-order valence-corrected chi connectivity index (χ2v) is 10.7. The second-order valence-electron chi connectivity index (χ2n) is 10.7. The van der Waals surface area contributed by atoms with Crippen LogP contribution in [0.5, 0.6) is 5.75 Å². The molecule has 0 spiro atoms. The van der Waals surface area contributed by atoms with Crippen molar-refractivity contribution >= 4 is 34.5 Å². The Balaban J connectivity index is 1.47. The van der Waals surface area contributed by atoms with Crippen LogP contribution in [0.3, 0.4) is 0 Å². The van der Waals surface area contributed by atoms with Gasteiger partial charge in [-0.05, 0) is 57.9 Å². The van der Waals surface area contributed by atoms with Crippen LogP contribution in [0.1, 0.15) is 50.0 Å². The maximum Gasteiger partial charge on any atom is 0.410 e. The van der Waals surface area contributed by atoms with Crippen LogP contribution in [0.25, 0.3) is 22.3 Å². The molecule has 2 aromatic carbocycles. The van der Waals surface area contributed by atoms with Crippen molar-refractivity contribution in [3.05, 3.63) is 60.4 Å². The third-order valence-corrected chi connectivity index (χ3v) is 6.64.